The number of nitriles is 2. The van der Waals surface area contributed by atoms with Crippen LogP contribution in [0.2, 0.25) is 0 Å². The molecule has 1 aromatic rings. The highest BCUT2D eigenvalue weighted by Crippen LogP contribution is 2.27. The Labute approximate surface area is 112 Å². The molecule has 0 amide bonds. The molecule has 0 aromatic heterocycles. The van der Waals surface area contributed by atoms with Crippen LogP contribution in [0.25, 0.3) is 0 Å². The van der Waals surface area contributed by atoms with Gasteiger partial charge in [0.25, 0.3) is 0 Å². The van der Waals surface area contributed by atoms with Gasteiger partial charge in [0, 0.05) is 0 Å². The molecule has 0 fully saturated rings. The second-order valence-corrected chi connectivity index (χ2v) is 3.70. The molecule has 0 aliphatic rings. The van der Waals surface area contributed by atoms with Crippen LogP contribution >= 0.6 is 0 Å². The quantitative estimate of drug-likeness (QED) is 0.680. The lowest BCUT2D eigenvalue weighted by Gasteiger charge is -2.13. The van der Waals surface area contributed by atoms with Gasteiger partial charge in [-0.05, 0) is 24.6 Å². The van der Waals surface area contributed by atoms with Crippen molar-refractivity contribution in [3.05, 3.63) is 23.8 Å². The second kappa shape index (κ2) is 6.43. The van der Waals surface area contributed by atoms with Gasteiger partial charge in [0.2, 0.25) is 5.71 Å². The summed E-state index contributed by atoms with van der Waals surface area (Å²) < 4.78 is 41.1. The predicted molar refractivity (Wildman–Crippen MR) is 65.0 cm³/mol. The fourth-order valence-electron chi connectivity index (χ4n) is 1.19. The van der Waals surface area contributed by atoms with Crippen LogP contribution in [0.4, 0.5) is 18.9 Å². The maximum absolute atomic E-state index is 12.1. The first-order chi connectivity index (χ1) is 9.35. The first-order valence-corrected chi connectivity index (χ1v) is 5.30. The number of nitrogens with zero attached hydrogens (tertiary/aromatic N) is 3. The summed E-state index contributed by atoms with van der Waals surface area (Å²) >= 11 is 0. The van der Waals surface area contributed by atoms with Crippen LogP contribution in [-0.2, 0) is 0 Å². The number of hydrazone groups is 1. The molecule has 104 valence electrons. The number of ether oxygens (including phenoxy) is 1. The Kier molecular flexibility index (Phi) is 4.93. The third kappa shape index (κ3) is 4.86. The van der Waals surface area contributed by atoms with Gasteiger partial charge in [-0.15, -0.1) is 0 Å². The molecule has 0 saturated heterocycles. The van der Waals surface area contributed by atoms with Gasteiger partial charge in [-0.1, -0.05) is 6.07 Å². The van der Waals surface area contributed by atoms with Crippen molar-refractivity contribution in [1.82, 2.24) is 0 Å². The van der Waals surface area contributed by atoms with E-state index in [1.54, 1.807) is 13.0 Å². The van der Waals surface area contributed by atoms with E-state index in [1.807, 2.05) is 0 Å². The van der Waals surface area contributed by atoms with E-state index >= 15 is 0 Å². The monoisotopic (exact) mass is 282 g/mol. The molecule has 0 aliphatic carbocycles. The average Bonchev–Trinajstić information content (AvgIpc) is 2.38. The molecule has 0 radical (unpaired) electrons. The Bertz CT molecular complexity index is 580. The van der Waals surface area contributed by atoms with Gasteiger partial charge in [-0.25, -0.2) is 0 Å². The minimum atomic E-state index is -4.46. The summed E-state index contributed by atoms with van der Waals surface area (Å²) in [6.45, 7) is 0.238. The van der Waals surface area contributed by atoms with Crippen LogP contribution in [0.3, 0.4) is 0 Å². The molecule has 5 nitrogen and oxygen atoms in total. The van der Waals surface area contributed by atoms with Crippen molar-refractivity contribution in [1.29, 1.82) is 10.5 Å². The minimum Gasteiger partial charge on any atom is -0.482 e. The number of hydrogen-bond acceptors (Lipinski definition) is 5. The predicted octanol–water partition coefficient (Wildman–Crippen LogP) is 2.75. The van der Waals surface area contributed by atoms with E-state index in [4.69, 9.17) is 10.5 Å². The summed E-state index contributed by atoms with van der Waals surface area (Å²) in [6, 6.07) is 7.48. The van der Waals surface area contributed by atoms with Crippen LogP contribution in [0.15, 0.2) is 23.3 Å². The molecule has 0 atom stereocenters. The fraction of sp³-hybridized carbons (Fsp3) is 0.250. The summed E-state index contributed by atoms with van der Waals surface area (Å²) in [5.41, 5.74) is 2.70. The zero-order chi connectivity index (χ0) is 15.2. The Morgan fingerprint density at radius 1 is 1.35 bits per heavy atom. The Morgan fingerprint density at radius 3 is 2.55 bits per heavy atom. The standard InChI is InChI=1S/C12H9F3N4O/c1-8-2-3-10(19-18-9(5-16)6-17)11(4-8)20-7-12(13,14)15/h2-4,19H,7H2,1H3. The van der Waals surface area contributed by atoms with E-state index < -0.39 is 18.5 Å². The Balaban J connectivity index is 2.94. The zero-order valence-corrected chi connectivity index (χ0v) is 10.3. The minimum absolute atomic E-state index is 0.0682. The maximum atomic E-state index is 12.1. The fourth-order valence-corrected chi connectivity index (χ4v) is 1.19. The van der Waals surface area contributed by atoms with Gasteiger partial charge in [0.1, 0.15) is 17.9 Å². The SMILES string of the molecule is Cc1ccc(NN=C(C#N)C#N)c(OCC(F)(F)F)c1. The third-order valence-corrected chi connectivity index (χ3v) is 2.03. The second-order valence-electron chi connectivity index (χ2n) is 3.70. The maximum Gasteiger partial charge on any atom is 0.422 e. The van der Waals surface area contributed by atoms with E-state index in [0.717, 1.165) is 0 Å². The molecule has 0 bridgehead atoms. The molecule has 1 aromatic carbocycles. The third-order valence-electron chi connectivity index (χ3n) is 2.03. The first-order valence-electron chi connectivity index (χ1n) is 5.30. The summed E-state index contributed by atoms with van der Waals surface area (Å²) in [4.78, 5) is 0. The van der Waals surface area contributed by atoms with E-state index in [1.165, 1.54) is 24.3 Å². The molecular formula is C12H9F3N4O. The van der Waals surface area contributed by atoms with E-state index in [9.17, 15) is 13.2 Å². The van der Waals surface area contributed by atoms with E-state index in [-0.39, 0.29) is 11.4 Å². The normalized spacial score (nSPS) is 10.1. The van der Waals surface area contributed by atoms with Gasteiger partial charge in [-0.3, -0.25) is 5.43 Å². The van der Waals surface area contributed by atoms with Crippen molar-refractivity contribution in [3.8, 4) is 17.9 Å². The van der Waals surface area contributed by atoms with Crippen molar-refractivity contribution in [2.24, 2.45) is 5.10 Å². The topological polar surface area (TPSA) is 81.2 Å². The smallest absolute Gasteiger partial charge is 0.422 e. The average molecular weight is 282 g/mol. The lowest BCUT2D eigenvalue weighted by atomic mass is 10.2. The number of hydrogen-bond donors (Lipinski definition) is 1. The van der Waals surface area contributed by atoms with Crippen molar-refractivity contribution in [2.75, 3.05) is 12.0 Å². The molecule has 0 heterocycles. The summed E-state index contributed by atoms with van der Waals surface area (Å²) in [7, 11) is 0. The molecule has 0 aliphatic heterocycles. The van der Waals surface area contributed by atoms with Gasteiger partial charge in [0.05, 0.1) is 5.69 Å². The Hall–Kier alpha value is -2.74. The van der Waals surface area contributed by atoms with E-state index in [2.05, 4.69) is 15.3 Å². The number of alkyl halides is 3. The molecule has 1 rings (SSSR count). The number of aryl methyl sites for hydroxylation is 1. The number of rotatable bonds is 4. The number of anilines is 1. The number of nitrogens with one attached hydrogen (secondary N) is 1. The van der Waals surface area contributed by atoms with Gasteiger partial charge in [0.15, 0.2) is 6.61 Å². The number of benzene rings is 1. The highest BCUT2D eigenvalue weighted by atomic mass is 19.4. The van der Waals surface area contributed by atoms with E-state index in [0.29, 0.717) is 5.56 Å². The molecule has 0 spiro atoms. The molecular weight excluding hydrogens is 273 g/mol. The van der Waals surface area contributed by atoms with Crippen LogP contribution in [0.1, 0.15) is 5.56 Å². The van der Waals surface area contributed by atoms with Gasteiger partial charge in [-0.2, -0.15) is 28.8 Å². The van der Waals surface area contributed by atoms with Gasteiger partial charge >= 0.3 is 6.18 Å². The van der Waals surface area contributed by atoms with Crippen molar-refractivity contribution in [3.63, 3.8) is 0 Å². The largest absolute Gasteiger partial charge is 0.482 e. The van der Waals surface area contributed by atoms with Crippen LogP contribution in [-0.4, -0.2) is 18.5 Å². The molecule has 1 N–H and O–H groups in total. The highest BCUT2D eigenvalue weighted by molar-refractivity contribution is 6.10. The Morgan fingerprint density at radius 2 is 2.00 bits per heavy atom. The zero-order valence-electron chi connectivity index (χ0n) is 10.3. The first kappa shape index (κ1) is 15.3. The van der Waals surface area contributed by atoms with Crippen LogP contribution in [0.5, 0.6) is 5.75 Å². The molecule has 20 heavy (non-hydrogen) atoms. The van der Waals surface area contributed by atoms with Crippen LogP contribution < -0.4 is 10.2 Å². The molecule has 0 unspecified atom stereocenters. The lowest BCUT2D eigenvalue weighted by Crippen LogP contribution is -2.19. The van der Waals surface area contributed by atoms with Gasteiger partial charge < -0.3 is 4.74 Å². The van der Waals surface area contributed by atoms with Crippen LogP contribution in [0, 0.1) is 29.6 Å². The van der Waals surface area contributed by atoms with Crippen molar-refractivity contribution in [2.45, 2.75) is 13.1 Å². The summed E-state index contributed by atoms with van der Waals surface area (Å²) in [6.07, 6.45) is -4.46. The number of halogens is 3. The van der Waals surface area contributed by atoms with Crippen molar-refractivity contribution >= 4 is 11.4 Å². The van der Waals surface area contributed by atoms with Crippen molar-refractivity contribution < 1.29 is 17.9 Å². The highest BCUT2D eigenvalue weighted by Gasteiger charge is 2.28. The lowest BCUT2D eigenvalue weighted by molar-refractivity contribution is -0.153. The molecule has 8 heteroatoms. The molecule has 0 saturated carbocycles. The summed E-state index contributed by atoms with van der Waals surface area (Å²) in [5.74, 6) is -0.0682. The summed E-state index contributed by atoms with van der Waals surface area (Å²) in [5, 5.41) is 20.5.